The zero-order valence-corrected chi connectivity index (χ0v) is 11.3. The molecule has 9 heteroatoms. The molecule has 1 fully saturated rings. The quantitative estimate of drug-likeness (QED) is 0.643. The molecule has 0 saturated heterocycles. The van der Waals surface area contributed by atoms with Gasteiger partial charge in [0.2, 0.25) is 11.9 Å². The second-order valence-electron chi connectivity index (χ2n) is 4.54. The Hall–Kier alpha value is -1.96. The molecule has 21 heavy (non-hydrogen) atoms. The van der Waals surface area contributed by atoms with Crippen LogP contribution < -0.4 is 10.1 Å². The summed E-state index contributed by atoms with van der Waals surface area (Å²) in [4.78, 5) is 21.6. The zero-order chi connectivity index (χ0) is 15.6. The van der Waals surface area contributed by atoms with Gasteiger partial charge in [-0.2, -0.15) is 8.78 Å². The highest BCUT2D eigenvalue weighted by Gasteiger charge is 2.53. The van der Waals surface area contributed by atoms with Gasteiger partial charge in [0.25, 0.3) is 0 Å². The zero-order valence-electron chi connectivity index (χ0n) is 10.6. The Morgan fingerprint density at radius 3 is 2.86 bits per heavy atom. The normalized spacial score (nSPS) is 20.2. The summed E-state index contributed by atoms with van der Waals surface area (Å²) in [5.41, 5.74) is 0.273. The van der Waals surface area contributed by atoms with Crippen LogP contribution in [0.3, 0.4) is 0 Å². The highest BCUT2D eigenvalue weighted by molar-refractivity contribution is 6.30. The SMILES string of the molecule is O=C(NCc1cc(Cl)ccc1OC(F)F)[C@@H]1C[C@@H]1[N+](=O)[O-]. The Morgan fingerprint density at radius 1 is 1.57 bits per heavy atom. The van der Waals surface area contributed by atoms with E-state index in [2.05, 4.69) is 10.1 Å². The molecule has 0 unspecified atom stereocenters. The van der Waals surface area contributed by atoms with Crippen molar-refractivity contribution in [3.8, 4) is 5.75 Å². The van der Waals surface area contributed by atoms with Crippen LogP contribution in [0.5, 0.6) is 5.75 Å². The number of nitrogens with one attached hydrogen (secondary N) is 1. The van der Waals surface area contributed by atoms with Crippen molar-refractivity contribution in [1.82, 2.24) is 5.32 Å². The van der Waals surface area contributed by atoms with Crippen LogP contribution in [0.4, 0.5) is 8.78 Å². The first-order valence-corrected chi connectivity index (χ1v) is 6.40. The molecule has 1 saturated carbocycles. The molecule has 1 aromatic rings. The van der Waals surface area contributed by atoms with Crippen molar-refractivity contribution in [3.63, 3.8) is 0 Å². The Bertz CT molecular complexity index is 570. The fourth-order valence-corrected chi connectivity index (χ4v) is 2.10. The molecule has 0 bridgehead atoms. The Kier molecular flexibility index (Phi) is 4.56. The number of nitro groups is 1. The first kappa shape index (κ1) is 15.4. The summed E-state index contributed by atoms with van der Waals surface area (Å²) in [5, 5.41) is 13.2. The van der Waals surface area contributed by atoms with Crippen molar-refractivity contribution in [2.75, 3.05) is 0 Å². The van der Waals surface area contributed by atoms with E-state index in [4.69, 9.17) is 11.6 Å². The van der Waals surface area contributed by atoms with Crippen molar-refractivity contribution in [2.45, 2.75) is 25.6 Å². The van der Waals surface area contributed by atoms with Crippen LogP contribution in [0.2, 0.25) is 5.02 Å². The van der Waals surface area contributed by atoms with Crippen LogP contribution in [0, 0.1) is 16.0 Å². The molecular weight excluding hydrogens is 310 g/mol. The van der Waals surface area contributed by atoms with Crippen LogP contribution in [0.25, 0.3) is 0 Å². The molecule has 0 aliphatic heterocycles. The van der Waals surface area contributed by atoms with E-state index in [0.29, 0.717) is 5.02 Å². The number of halogens is 3. The monoisotopic (exact) mass is 320 g/mol. The number of hydrogen-bond donors (Lipinski definition) is 1. The lowest BCUT2D eigenvalue weighted by Gasteiger charge is -2.11. The van der Waals surface area contributed by atoms with Gasteiger partial charge in [0.1, 0.15) is 11.7 Å². The maximum atomic E-state index is 12.3. The van der Waals surface area contributed by atoms with Gasteiger partial charge in [0.05, 0.1) is 0 Å². The van der Waals surface area contributed by atoms with Gasteiger partial charge in [-0.25, -0.2) is 0 Å². The number of rotatable bonds is 6. The van der Waals surface area contributed by atoms with Crippen molar-refractivity contribution in [3.05, 3.63) is 38.9 Å². The van der Waals surface area contributed by atoms with E-state index in [9.17, 15) is 23.7 Å². The summed E-state index contributed by atoms with van der Waals surface area (Å²) in [6.07, 6.45) is 0.189. The van der Waals surface area contributed by atoms with Gasteiger partial charge >= 0.3 is 6.61 Å². The topological polar surface area (TPSA) is 81.5 Å². The van der Waals surface area contributed by atoms with E-state index >= 15 is 0 Å². The maximum absolute atomic E-state index is 12.3. The number of carbonyl (C=O) groups is 1. The van der Waals surface area contributed by atoms with Gasteiger partial charge in [-0.05, 0) is 18.2 Å². The number of hydrogen-bond acceptors (Lipinski definition) is 4. The fourth-order valence-electron chi connectivity index (χ4n) is 1.91. The number of carbonyl (C=O) groups excluding carboxylic acids is 1. The minimum atomic E-state index is -3.00. The molecule has 1 aliphatic carbocycles. The summed E-state index contributed by atoms with van der Waals surface area (Å²) in [7, 11) is 0. The molecule has 0 aromatic heterocycles. The fraction of sp³-hybridized carbons (Fsp3) is 0.417. The van der Waals surface area contributed by atoms with Crippen LogP contribution in [0.15, 0.2) is 18.2 Å². The second kappa shape index (κ2) is 6.21. The number of nitrogens with zero attached hydrogens (tertiary/aromatic N) is 1. The molecule has 6 nitrogen and oxygen atoms in total. The standard InChI is InChI=1S/C12H11ClF2N2O4/c13-7-1-2-10(21-12(14)15)6(3-7)5-16-11(18)8-4-9(8)17(19)20/h1-3,8-9,12H,4-5H2,(H,16,18)/t8-,9+/m1/s1. The third kappa shape index (κ3) is 4.01. The Labute approximate surface area is 123 Å². The first-order valence-electron chi connectivity index (χ1n) is 6.03. The molecule has 2 rings (SSSR count). The van der Waals surface area contributed by atoms with Crippen LogP contribution in [0.1, 0.15) is 12.0 Å². The smallest absolute Gasteiger partial charge is 0.387 e. The summed E-state index contributed by atoms with van der Waals surface area (Å²) < 4.78 is 28.8. The minimum Gasteiger partial charge on any atom is -0.434 e. The van der Waals surface area contributed by atoms with E-state index in [1.54, 1.807) is 0 Å². The van der Waals surface area contributed by atoms with Gasteiger partial charge in [0.15, 0.2) is 0 Å². The predicted octanol–water partition coefficient (Wildman–Crippen LogP) is 2.22. The molecule has 1 amide bonds. The molecule has 0 spiro atoms. The van der Waals surface area contributed by atoms with Crippen LogP contribution >= 0.6 is 11.6 Å². The van der Waals surface area contributed by atoms with Gasteiger partial charge in [-0.3, -0.25) is 14.9 Å². The Morgan fingerprint density at radius 2 is 2.29 bits per heavy atom. The maximum Gasteiger partial charge on any atom is 0.387 e. The molecule has 2 atom stereocenters. The minimum absolute atomic E-state index is 0.0949. The summed E-state index contributed by atoms with van der Waals surface area (Å²) >= 11 is 5.76. The van der Waals surface area contributed by atoms with Crippen molar-refractivity contribution < 1.29 is 23.2 Å². The molecule has 0 heterocycles. The third-order valence-corrected chi connectivity index (χ3v) is 3.29. The van der Waals surface area contributed by atoms with E-state index in [0.717, 1.165) is 0 Å². The number of ether oxygens (including phenoxy) is 1. The molecule has 1 N–H and O–H groups in total. The molecule has 1 aromatic carbocycles. The molecule has 1 aliphatic rings. The highest BCUT2D eigenvalue weighted by atomic mass is 35.5. The van der Waals surface area contributed by atoms with Crippen molar-refractivity contribution in [2.24, 2.45) is 5.92 Å². The largest absolute Gasteiger partial charge is 0.434 e. The van der Waals surface area contributed by atoms with E-state index in [-0.39, 0.29) is 24.3 Å². The summed E-state index contributed by atoms with van der Waals surface area (Å²) in [6, 6.07) is 3.18. The average molecular weight is 321 g/mol. The summed E-state index contributed by atoms with van der Waals surface area (Å²) in [5.74, 6) is -1.25. The van der Waals surface area contributed by atoms with E-state index in [1.165, 1.54) is 18.2 Å². The third-order valence-electron chi connectivity index (χ3n) is 3.06. The lowest BCUT2D eigenvalue weighted by molar-refractivity contribution is -0.497. The highest BCUT2D eigenvalue weighted by Crippen LogP contribution is 2.33. The molecule has 0 radical (unpaired) electrons. The average Bonchev–Trinajstić information content (AvgIpc) is 3.18. The lowest BCUT2D eigenvalue weighted by atomic mass is 10.2. The summed E-state index contributed by atoms with van der Waals surface area (Å²) in [6.45, 7) is -3.09. The lowest BCUT2D eigenvalue weighted by Crippen LogP contribution is -2.27. The molecular formula is C12H11ClF2N2O4. The number of benzene rings is 1. The van der Waals surface area contributed by atoms with Gasteiger partial charge in [-0.1, -0.05) is 11.6 Å². The van der Waals surface area contributed by atoms with Crippen molar-refractivity contribution >= 4 is 17.5 Å². The predicted molar refractivity (Wildman–Crippen MR) is 68.8 cm³/mol. The van der Waals surface area contributed by atoms with Crippen LogP contribution in [-0.4, -0.2) is 23.5 Å². The van der Waals surface area contributed by atoms with Crippen LogP contribution in [-0.2, 0) is 11.3 Å². The van der Waals surface area contributed by atoms with Gasteiger partial charge in [0, 0.05) is 28.5 Å². The number of alkyl halides is 2. The van der Waals surface area contributed by atoms with Crippen molar-refractivity contribution in [1.29, 1.82) is 0 Å². The molecule has 114 valence electrons. The van der Waals surface area contributed by atoms with E-state index in [1.807, 2.05) is 0 Å². The van der Waals surface area contributed by atoms with Gasteiger partial charge in [-0.15, -0.1) is 0 Å². The van der Waals surface area contributed by atoms with E-state index < -0.39 is 29.4 Å². The number of amides is 1. The Balaban J connectivity index is 1.98. The first-order chi connectivity index (χ1) is 9.88. The second-order valence-corrected chi connectivity index (χ2v) is 4.98. The van der Waals surface area contributed by atoms with Gasteiger partial charge < -0.3 is 10.1 Å².